The molecule has 0 aromatic rings. The topological polar surface area (TPSA) is 72.5 Å². The van der Waals surface area contributed by atoms with E-state index in [-0.39, 0.29) is 0 Å². The summed E-state index contributed by atoms with van der Waals surface area (Å²) >= 11 is 0. The molecule has 0 unspecified atom stereocenters. The van der Waals surface area contributed by atoms with Crippen LogP contribution in [-0.2, 0) is 33.2 Å². The van der Waals surface area contributed by atoms with E-state index >= 15 is 0 Å². The van der Waals surface area contributed by atoms with Gasteiger partial charge in [-0.25, -0.2) is 0 Å². The van der Waals surface area contributed by atoms with Crippen LogP contribution in [0.3, 0.4) is 0 Å². The summed E-state index contributed by atoms with van der Waals surface area (Å²) in [7, 11) is 0. The summed E-state index contributed by atoms with van der Waals surface area (Å²) in [6.45, 7) is 12.5. The van der Waals surface area contributed by atoms with E-state index in [1.54, 1.807) is 41.5 Å². The van der Waals surface area contributed by atoms with E-state index in [1.165, 1.54) is 0 Å². The first kappa shape index (κ1) is 24.6. The van der Waals surface area contributed by atoms with Crippen molar-refractivity contribution < 1.29 is 33.2 Å². The zero-order chi connectivity index (χ0) is 19.9. The lowest BCUT2D eigenvalue weighted by molar-refractivity contribution is -0.339. The Balaban J connectivity index is 5.49. The van der Waals surface area contributed by atoms with Crippen LogP contribution in [-0.4, -0.2) is 57.4 Å². The van der Waals surface area contributed by atoms with Gasteiger partial charge < -0.3 is 28.4 Å². The van der Waals surface area contributed by atoms with Crippen molar-refractivity contribution in [2.45, 2.75) is 53.5 Å². The van der Waals surface area contributed by atoms with Gasteiger partial charge in [-0.2, -0.15) is 0 Å². The summed E-state index contributed by atoms with van der Waals surface area (Å²) in [4.78, 5) is 12.1. The smallest absolute Gasteiger partial charge is 0.317 e. The van der Waals surface area contributed by atoms with Crippen LogP contribution in [0.2, 0.25) is 0 Å². The molecule has 0 amide bonds. The molecule has 7 nitrogen and oxygen atoms in total. The second kappa shape index (κ2) is 13.7. The van der Waals surface area contributed by atoms with E-state index in [0.29, 0.717) is 39.6 Å². The second-order valence-electron chi connectivity index (χ2n) is 4.54. The summed E-state index contributed by atoms with van der Waals surface area (Å²) in [6.07, 6.45) is 0. The molecule has 0 saturated heterocycles. The van der Waals surface area contributed by atoms with Gasteiger partial charge in [-0.3, -0.25) is 4.79 Å². The standard InChI is InChI=1S/C19H30O7/c1-7-21-18(22-8-2,23-9-3)15-13-17(20)14-16-19(24-10-4,25-11-5)26-12-6/h7-12H2,1-6H3. The number of carbonyl (C=O) groups excluding carboxylic acids is 1. The van der Waals surface area contributed by atoms with Crippen molar-refractivity contribution in [2.24, 2.45) is 0 Å². The molecule has 0 fully saturated rings. The van der Waals surface area contributed by atoms with Crippen LogP contribution in [0.1, 0.15) is 41.5 Å². The normalized spacial score (nSPS) is 11.3. The van der Waals surface area contributed by atoms with E-state index in [1.807, 2.05) is 0 Å². The number of ketones is 1. The summed E-state index contributed by atoms with van der Waals surface area (Å²) in [5, 5.41) is 0. The molecule has 0 rings (SSSR count). The minimum absolute atomic E-state index is 0.302. The first-order chi connectivity index (χ1) is 12.5. The maximum absolute atomic E-state index is 12.1. The average Bonchev–Trinajstić information content (AvgIpc) is 2.60. The quantitative estimate of drug-likeness (QED) is 0.296. The first-order valence-electron chi connectivity index (χ1n) is 8.90. The molecule has 0 radical (unpaired) electrons. The van der Waals surface area contributed by atoms with E-state index < -0.39 is 17.7 Å². The molecule has 0 spiro atoms. The number of hydrogen-bond donors (Lipinski definition) is 0. The van der Waals surface area contributed by atoms with Crippen LogP contribution in [0.25, 0.3) is 0 Å². The van der Waals surface area contributed by atoms with Crippen molar-refractivity contribution in [3.8, 4) is 23.7 Å². The number of ether oxygens (including phenoxy) is 6. The van der Waals surface area contributed by atoms with E-state index in [9.17, 15) is 4.79 Å². The Kier molecular flexibility index (Phi) is 12.9. The SMILES string of the molecule is CCOC(C#CC(=O)C#CC(OCC)(OCC)OCC)(OCC)OCC. The molecule has 0 aliphatic carbocycles. The van der Waals surface area contributed by atoms with Gasteiger partial charge in [0.25, 0.3) is 5.78 Å². The van der Waals surface area contributed by atoms with Crippen LogP contribution >= 0.6 is 0 Å². The van der Waals surface area contributed by atoms with Gasteiger partial charge in [0, 0.05) is 11.8 Å². The molecule has 0 saturated carbocycles. The van der Waals surface area contributed by atoms with Crippen LogP contribution in [0.15, 0.2) is 0 Å². The lowest BCUT2D eigenvalue weighted by Crippen LogP contribution is -2.38. The minimum atomic E-state index is -1.59. The van der Waals surface area contributed by atoms with Crippen molar-refractivity contribution in [3.63, 3.8) is 0 Å². The van der Waals surface area contributed by atoms with E-state index in [0.717, 1.165) is 0 Å². The number of hydrogen-bond acceptors (Lipinski definition) is 7. The number of Topliss-reactive ketones (excluding diaryl/α,β-unsaturated/α-hetero) is 1. The molecule has 0 aliphatic heterocycles. The predicted octanol–water partition coefficient (Wildman–Crippen LogP) is 2.09. The lowest BCUT2D eigenvalue weighted by atomic mass is 10.3. The third-order valence-corrected chi connectivity index (χ3v) is 2.66. The molecular weight excluding hydrogens is 340 g/mol. The number of carbonyl (C=O) groups is 1. The van der Waals surface area contributed by atoms with Crippen LogP contribution in [0.5, 0.6) is 0 Å². The molecule has 0 aliphatic rings. The molecule has 0 heterocycles. The lowest BCUT2D eigenvalue weighted by Gasteiger charge is -2.26. The van der Waals surface area contributed by atoms with E-state index in [4.69, 9.17) is 28.4 Å². The van der Waals surface area contributed by atoms with Gasteiger partial charge in [-0.05, 0) is 53.4 Å². The summed E-state index contributed by atoms with van der Waals surface area (Å²) in [6, 6.07) is 0. The molecule has 0 bridgehead atoms. The maximum atomic E-state index is 12.1. The van der Waals surface area contributed by atoms with Gasteiger partial charge in [0.2, 0.25) is 0 Å². The summed E-state index contributed by atoms with van der Waals surface area (Å²) in [5.74, 6) is 6.05. The molecule has 0 aromatic heterocycles. The highest BCUT2D eigenvalue weighted by Gasteiger charge is 2.31. The van der Waals surface area contributed by atoms with Gasteiger partial charge in [0.15, 0.2) is 0 Å². The number of rotatable bonds is 12. The Hall–Kier alpha value is -1.45. The van der Waals surface area contributed by atoms with Crippen molar-refractivity contribution in [2.75, 3.05) is 39.6 Å². The largest absolute Gasteiger partial charge is 0.353 e. The van der Waals surface area contributed by atoms with Crippen molar-refractivity contribution in [3.05, 3.63) is 0 Å². The average molecular weight is 370 g/mol. The Morgan fingerprint density at radius 1 is 0.577 bits per heavy atom. The zero-order valence-electron chi connectivity index (χ0n) is 16.6. The first-order valence-corrected chi connectivity index (χ1v) is 8.90. The Morgan fingerprint density at radius 2 is 0.808 bits per heavy atom. The molecule has 0 N–H and O–H groups in total. The Labute approximate surface area is 156 Å². The molecule has 26 heavy (non-hydrogen) atoms. The highest BCUT2D eigenvalue weighted by molar-refractivity contribution is 6.08. The third kappa shape index (κ3) is 8.77. The molecule has 148 valence electrons. The Bertz CT molecular complexity index is 441. The molecule has 0 aromatic carbocycles. The van der Waals surface area contributed by atoms with E-state index in [2.05, 4.69) is 23.7 Å². The molecule has 7 heteroatoms. The van der Waals surface area contributed by atoms with Crippen molar-refractivity contribution in [1.82, 2.24) is 0 Å². The minimum Gasteiger partial charge on any atom is -0.317 e. The van der Waals surface area contributed by atoms with Gasteiger partial charge in [0.05, 0.1) is 39.6 Å². The predicted molar refractivity (Wildman–Crippen MR) is 95.8 cm³/mol. The van der Waals surface area contributed by atoms with Gasteiger partial charge in [0.1, 0.15) is 0 Å². The monoisotopic (exact) mass is 370 g/mol. The van der Waals surface area contributed by atoms with Crippen molar-refractivity contribution in [1.29, 1.82) is 0 Å². The highest BCUT2D eigenvalue weighted by atomic mass is 16.9. The zero-order valence-corrected chi connectivity index (χ0v) is 16.6. The molecule has 0 atom stereocenters. The van der Waals surface area contributed by atoms with Crippen molar-refractivity contribution >= 4 is 5.78 Å². The van der Waals surface area contributed by atoms with Crippen LogP contribution < -0.4 is 0 Å². The fraction of sp³-hybridized carbons (Fsp3) is 0.737. The second-order valence-corrected chi connectivity index (χ2v) is 4.54. The Morgan fingerprint density at radius 3 is 1.00 bits per heavy atom. The highest BCUT2D eigenvalue weighted by Crippen LogP contribution is 2.15. The van der Waals surface area contributed by atoms with Gasteiger partial charge >= 0.3 is 11.9 Å². The van der Waals surface area contributed by atoms with Gasteiger partial charge in [-0.15, -0.1) is 0 Å². The van der Waals surface area contributed by atoms with Crippen LogP contribution in [0.4, 0.5) is 0 Å². The maximum Gasteiger partial charge on any atom is 0.353 e. The molecular formula is C19H30O7. The van der Waals surface area contributed by atoms with Crippen LogP contribution in [0, 0.1) is 23.7 Å². The third-order valence-electron chi connectivity index (χ3n) is 2.66. The summed E-state index contributed by atoms with van der Waals surface area (Å²) < 4.78 is 32.6. The fourth-order valence-corrected chi connectivity index (χ4v) is 1.90. The fourth-order valence-electron chi connectivity index (χ4n) is 1.90. The van der Waals surface area contributed by atoms with Gasteiger partial charge in [-0.1, -0.05) is 0 Å². The summed E-state index contributed by atoms with van der Waals surface area (Å²) in [5.41, 5.74) is 0.